The second-order valence-electron chi connectivity index (χ2n) is 6.47. The largest absolute Gasteiger partial charge is 0.334 e. The van der Waals surface area contributed by atoms with E-state index in [1.54, 1.807) is 0 Å². The molecule has 0 aromatic heterocycles. The SMILES string of the molecule is CC1(C(=O)N(Cc2ccccc2Br)C2CC2)CCCCN1. The molecule has 0 radical (unpaired) electrons. The minimum Gasteiger partial charge on any atom is -0.334 e. The third kappa shape index (κ3) is 3.32. The molecule has 1 unspecified atom stereocenters. The van der Waals surface area contributed by atoms with E-state index in [9.17, 15) is 4.79 Å². The Morgan fingerprint density at radius 2 is 2.14 bits per heavy atom. The molecule has 21 heavy (non-hydrogen) atoms. The molecule has 3 nitrogen and oxygen atoms in total. The van der Waals surface area contributed by atoms with Gasteiger partial charge in [-0.15, -0.1) is 0 Å². The number of halogens is 1. The molecule has 1 atom stereocenters. The number of benzene rings is 1. The predicted molar refractivity (Wildman–Crippen MR) is 88.0 cm³/mol. The Kier molecular flexibility index (Phi) is 4.36. The van der Waals surface area contributed by atoms with Crippen LogP contribution in [0.1, 0.15) is 44.6 Å². The van der Waals surface area contributed by atoms with Gasteiger partial charge in [0, 0.05) is 17.1 Å². The van der Waals surface area contributed by atoms with Crippen molar-refractivity contribution in [3.8, 4) is 0 Å². The van der Waals surface area contributed by atoms with Crippen molar-refractivity contribution in [2.24, 2.45) is 0 Å². The first-order valence-electron chi connectivity index (χ1n) is 7.90. The molecule has 2 aliphatic rings. The van der Waals surface area contributed by atoms with Crippen LogP contribution in [0.3, 0.4) is 0 Å². The van der Waals surface area contributed by atoms with Crippen LogP contribution in [0.5, 0.6) is 0 Å². The second-order valence-corrected chi connectivity index (χ2v) is 7.33. The van der Waals surface area contributed by atoms with E-state index < -0.39 is 0 Å². The van der Waals surface area contributed by atoms with E-state index in [4.69, 9.17) is 0 Å². The zero-order chi connectivity index (χ0) is 14.9. The van der Waals surface area contributed by atoms with Crippen molar-refractivity contribution in [1.82, 2.24) is 10.2 Å². The molecule has 0 bridgehead atoms. The Morgan fingerprint density at radius 3 is 2.76 bits per heavy atom. The van der Waals surface area contributed by atoms with Crippen molar-refractivity contribution in [1.29, 1.82) is 0 Å². The molecule has 3 rings (SSSR count). The molecule has 0 spiro atoms. The molecular weight excluding hydrogens is 328 g/mol. The summed E-state index contributed by atoms with van der Waals surface area (Å²) in [6.07, 6.45) is 5.56. The molecule has 1 amide bonds. The maximum absolute atomic E-state index is 13.1. The zero-order valence-corrected chi connectivity index (χ0v) is 14.2. The fourth-order valence-electron chi connectivity index (χ4n) is 3.12. The normalized spacial score (nSPS) is 25.6. The number of hydrogen-bond acceptors (Lipinski definition) is 2. The third-order valence-electron chi connectivity index (χ3n) is 4.64. The van der Waals surface area contributed by atoms with Crippen molar-refractivity contribution in [2.45, 2.75) is 57.2 Å². The van der Waals surface area contributed by atoms with Gasteiger partial charge in [-0.2, -0.15) is 0 Å². The van der Waals surface area contributed by atoms with Gasteiger partial charge in [-0.1, -0.05) is 34.1 Å². The topological polar surface area (TPSA) is 32.3 Å². The van der Waals surface area contributed by atoms with E-state index in [-0.39, 0.29) is 11.4 Å². The number of carbonyl (C=O) groups excluding carboxylic acids is 1. The number of amides is 1. The van der Waals surface area contributed by atoms with Crippen molar-refractivity contribution >= 4 is 21.8 Å². The fraction of sp³-hybridized carbons (Fsp3) is 0.588. The van der Waals surface area contributed by atoms with Gasteiger partial charge in [-0.25, -0.2) is 0 Å². The van der Waals surface area contributed by atoms with Gasteiger partial charge < -0.3 is 10.2 Å². The van der Waals surface area contributed by atoms with E-state index in [0.717, 1.165) is 36.7 Å². The van der Waals surface area contributed by atoms with Gasteiger partial charge in [0.05, 0.1) is 5.54 Å². The van der Waals surface area contributed by atoms with Gasteiger partial charge in [0.15, 0.2) is 0 Å². The van der Waals surface area contributed by atoms with Gasteiger partial charge in [0.1, 0.15) is 0 Å². The zero-order valence-electron chi connectivity index (χ0n) is 12.6. The van der Waals surface area contributed by atoms with Crippen molar-refractivity contribution in [3.63, 3.8) is 0 Å². The molecule has 1 aromatic carbocycles. The number of nitrogens with one attached hydrogen (secondary N) is 1. The van der Waals surface area contributed by atoms with Crippen LogP contribution >= 0.6 is 15.9 Å². The van der Waals surface area contributed by atoms with Gasteiger partial charge in [0.2, 0.25) is 5.91 Å². The van der Waals surface area contributed by atoms with Gasteiger partial charge in [-0.05, 0) is 57.2 Å². The average Bonchev–Trinajstić information content (AvgIpc) is 3.31. The summed E-state index contributed by atoms with van der Waals surface area (Å²) in [5.41, 5.74) is 0.819. The van der Waals surface area contributed by atoms with Crippen LogP contribution in [-0.4, -0.2) is 28.9 Å². The average molecular weight is 351 g/mol. The lowest BCUT2D eigenvalue weighted by atomic mass is 9.89. The van der Waals surface area contributed by atoms with Crippen LogP contribution in [0.15, 0.2) is 28.7 Å². The molecule has 2 fully saturated rings. The highest BCUT2D eigenvalue weighted by Crippen LogP contribution is 2.33. The number of rotatable bonds is 4. The third-order valence-corrected chi connectivity index (χ3v) is 5.41. The highest BCUT2D eigenvalue weighted by Gasteiger charge is 2.42. The van der Waals surface area contributed by atoms with E-state index in [1.165, 1.54) is 12.0 Å². The predicted octanol–water partition coefficient (Wildman–Crippen LogP) is 3.47. The quantitative estimate of drug-likeness (QED) is 0.901. The van der Waals surface area contributed by atoms with Crippen molar-refractivity contribution in [3.05, 3.63) is 34.3 Å². The summed E-state index contributed by atoms with van der Waals surface area (Å²) in [6, 6.07) is 8.64. The Balaban J connectivity index is 1.78. The molecule has 1 aliphatic carbocycles. The lowest BCUT2D eigenvalue weighted by Crippen LogP contribution is -2.58. The standard InChI is InChI=1S/C17H23BrN2O/c1-17(10-4-5-11-19-17)16(21)20(14-8-9-14)12-13-6-2-3-7-15(13)18/h2-3,6-7,14,19H,4-5,8-12H2,1H3. The fourth-order valence-corrected chi connectivity index (χ4v) is 3.53. The summed E-state index contributed by atoms with van der Waals surface area (Å²) < 4.78 is 1.09. The van der Waals surface area contributed by atoms with Gasteiger partial charge in [0.25, 0.3) is 0 Å². The Bertz CT molecular complexity index is 521. The monoisotopic (exact) mass is 350 g/mol. The molecule has 1 saturated carbocycles. The van der Waals surface area contributed by atoms with E-state index in [0.29, 0.717) is 12.6 Å². The summed E-state index contributed by atoms with van der Waals surface area (Å²) in [5, 5.41) is 3.46. The van der Waals surface area contributed by atoms with Crippen LogP contribution in [0.25, 0.3) is 0 Å². The maximum Gasteiger partial charge on any atom is 0.243 e. The second kappa shape index (κ2) is 6.09. The summed E-state index contributed by atoms with van der Waals surface area (Å²) in [5.74, 6) is 0.278. The van der Waals surface area contributed by atoms with Crippen LogP contribution in [0.4, 0.5) is 0 Å². The molecule has 1 aliphatic heterocycles. The molecule has 1 heterocycles. The minimum absolute atomic E-state index is 0.278. The Labute approximate surface area is 135 Å². The van der Waals surface area contributed by atoms with E-state index in [1.807, 2.05) is 18.2 Å². The summed E-state index contributed by atoms with van der Waals surface area (Å²) in [7, 11) is 0. The Hall–Kier alpha value is -0.870. The number of piperidine rings is 1. The first-order chi connectivity index (χ1) is 10.1. The first-order valence-corrected chi connectivity index (χ1v) is 8.69. The first kappa shape index (κ1) is 15.0. The Morgan fingerprint density at radius 1 is 1.38 bits per heavy atom. The van der Waals surface area contributed by atoms with E-state index in [2.05, 4.69) is 39.1 Å². The number of hydrogen-bond donors (Lipinski definition) is 1. The van der Waals surface area contributed by atoms with E-state index >= 15 is 0 Å². The lowest BCUT2D eigenvalue weighted by molar-refractivity contribution is -0.140. The summed E-state index contributed by atoms with van der Waals surface area (Å²) in [6.45, 7) is 3.74. The molecule has 1 saturated heterocycles. The highest BCUT2D eigenvalue weighted by molar-refractivity contribution is 9.10. The van der Waals surface area contributed by atoms with Crippen molar-refractivity contribution in [2.75, 3.05) is 6.54 Å². The number of carbonyl (C=O) groups is 1. The molecular formula is C17H23BrN2O. The van der Waals surface area contributed by atoms with Crippen molar-refractivity contribution < 1.29 is 4.79 Å². The van der Waals surface area contributed by atoms with Gasteiger partial charge in [-0.3, -0.25) is 4.79 Å². The molecule has 1 aromatic rings. The highest BCUT2D eigenvalue weighted by atomic mass is 79.9. The van der Waals surface area contributed by atoms with Crippen LogP contribution in [-0.2, 0) is 11.3 Å². The van der Waals surface area contributed by atoms with Crippen LogP contribution < -0.4 is 5.32 Å². The van der Waals surface area contributed by atoms with Gasteiger partial charge >= 0.3 is 0 Å². The molecule has 1 N–H and O–H groups in total. The summed E-state index contributed by atoms with van der Waals surface area (Å²) in [4.78, 5) is 15.2. The van der Waals surface area contributed by atoms with Crippen LogP contribution in [0, 0.1) is 0 Å². The smallest absolute Gasteiger partial charge is 0.243 e. The summed E-state index contributed by atoms with van der Waals surface area (Å²) >= 11 is 3.60. The maximum atomic E-state index is 13.1. The molecule has 114 valence electrons. The molecule has 4 heteroatoms. The lowest BCUT2D eigenvalue weighted by Gasteiger charge is -2.38. The number of nitrogens with zero attached hydrogens (tertiary/aromatic N) is 1. The van der Waals surface area contributed by atoms with Crippen LogP contribution in [0.2, 0.25) is 0 Å². The minimum atomic E-state index is -0.373.